The fraction of sp³-hybridized carbons (Fsp3) is 0.867. The number of amides is 2. The minimum Gasteiger partial charge on any atom is -0.356 e. The SMILES string of the molecule is CC(=O)N(CCC(=O)NCCCN(C)C)CCC(C)C. The fourth-order valence-corrected chi connectivity index (χ4v) is 1.79. The molecule has 1 N–H and O–H groups in total. The van der Waals surface area contributed by atoms with Crippen LogP contribution in [0.2, 0.25) is 0 Å². The van der Waals surface area contributed by atoms with Gasteiger partial charge in [0, 0.05) is 33.0 Å². The average molecular weight is 285 g/mol. The Hall–Kier alpha value is -1.10. The zero-order chi connectivity index (χ0) is 15.5. The topological polar surface area (TPSA) is 52.7 Å². The third-order valence-electron chi connectivity index (χ3n) is 3.13. The van der Waals surface area contributed by atoms with Crippen molar-refractivity contribution in [3.63, 3.8) is 0 Å². The van der Waals surface area contributed by atoms with Gasteiger partial charge in [0.05, 0.1) is 0 Å². The van der Waals surface area contributed by atoms with Crippen molar-refractivity contribution in [1.29, 1.82) is 0 Å². The van der Waals surface area contributed by atoms with Crippen LogP contribution in [-0.2, 0) is 9.59 Å². The largest absolute Gasteiger partial charge is 0.356 e. The van der Waals surface area contributed by atoms with Gasteiger partial charge in [0.1, 0.15) is 0 Å². The summed E-state index contributed by atoms with van der Waals surface area (Å²) in [6.45, 7) is 8.75. The summed E-state index contributed by atoms with van der Waals surface area (Å²) < 4.78 is 0. The molecule has 0 saturated carbocycles. The van der Waals surface area contributed by atoms with Gasteiger partial charge in [-0.25, -0.2) is 0 Å². The number of carbonyl (C=O) groups is 2. The smallest absolute Gasteiger partial charge is 0.221 e. The van der Waals surface area contributed by atoms with Crippen LogP contribution in [0.15, 0.2) is 0 Å². The van der Waals surface area contributed by atoms with E-state index in [1.165, 1.54) is 0 Å². The van der Waals surface area contributed by atoms with Gasteiger partial charge in [0.15, 0.2) is 0 Å². The van der Waals surface area contributed by atoms with Gasteiger partial charge in [0.25, 0.3) is 0 Å². The van der Waals surface area contributed by atoms with Gasteiger partial charge in [-0.3, -0.25) is 9.59 Å². The number of hydrogen-bond donors (Lipinski definition) is 1. The molecule has 5 heteroatoms. The van der Waals surface area contributed by atoms with E-state index >= 15 is 0 Å². The average Bonchev–Trinajstić information content (AvgIpc) is 2.33. The lowest BCUT2D eigenvalue weighted by atomic mass is 10.1. The summed E-state index contributed by atoms with van der Waals surface area (Å²) in [5.41, 5.74) is 0. The van der Waals surface area contributed by atoms with Crippen LogP contribution < -0.4 is 5.32 Å². The third-order valence-corrected chi connectivity index (χ3v) is 3.13. The molecule has 0 spiro atoms. The number of carbonyl (C=O) groups excluding carboxylic acids is 2. The molecule has 2 amide bonds. The first-order valence-electron chi connectivity index (χ1n) is 7.50. The molecule has 0 unspecified atom stereocenters. The number of nitrogens with zero attached hydrogens (tertiary/aromatic N) is 2. The second-order valence-electron chi connectivity index (χ2n) is 5.95. The third kappa shape index (κ3) is 10.8. The van der Waals surface area contributed by atoms with Crippen molar-refractivity contribution < 1.29 is 9.59 Å². The highest BCUT2D eigenvalue weighted by atomic mass is 16.2. The molecule has 0 atom stereocenters. The lowest BCUT2D eigenvalue weighted by Gasteiger charge is -2.21. The lowest BCUT2D eigenvalue weighted by molar-refractivity contribution is -0.129. The summed E-state index contributed by atoms with van der Waals surface area (Å²) >= 11 is 0. The summed E-state index contributed by atoms with van der Waals surface area (Å²) in [5, 5.41) is 2.89. The van der Waals surface area contributed by atoms with E-state index in [2.05, 4.69) is 24.1 Å². The molecule has 0 bridgehead atoms. The van der Waals surface area contributed by atoms with E-state index in [0.29, 0.717) is 25.4 Å². The first kappa shape index (κ1) is 18.9. The van der Waals surface area contributed by atoms with Crippen LogP contribution in [0.3, 0.4) is 0 Å². The molecule has 0 aliphatic heterocycles. The number of nitrogens with one attached hydrogen (secondary N) is 1. The molecule has 0 fully saturated rings. The highest BCUT2D eigenvalue weighted by Crippen LogP contribution is 2.03. The van der Waals surface area contributed by atoms with Crippen molar-refractivity contribution in [1.82, 2.24) is 15.1 Å². The number of hydrogen-bond acceptors (Lipinski definition) is 3. The van der Waals surface area contributed by atoms with E-state index in [4.69, 9.17) is 0 Å². The number of rotatable bonds is 10. The van der Waals surface area contributed by atoms with Crippen LogP contribution in [0.4, 0.5) is 0 Å². The fourth-order valence-electron chi connectivity index (χ4n) is 1.79. The molecule has 0 aliphatic rings. The molecule has 0 rings (SSSR count). The van der Waals surface area contributed by atoms with E-state index in [1.807, 2.05) is 14.1 Å². The molecule has 0 heterocycles. The van der Waals surface area contributed by atoms with Gasteiger partial charge in [-0.2, -0.15) is 0 Å². The van der Waals surface area contributed by atoms with Gasteiger partial charge in [-0.1, -0.05) is 13.8 Å². The summed E-state index contributed by atoms with van der Waals surface area (Å²) in [5.74, 6) is 0.641. The Morgan fingerprint density at radius 2 is 1.75 bits per heavy atom. The molecule has 0 radical (unpaired) electrons. The minimum absolute atomic E-state index is 0.0274. The quantitative estimate of drug-likeness (QED) is 0.616. The van der Waals surface area contributed by atoms with E-state index < -0.39 is 0 Å². The molecule has 20 heavy (non-hydrogen) atoms. The summed E-state index contributed by atoms with van der Waals surface area (Å²) in [7, 11) is 4.03. The Kier molecular flexibility index (Phi) is 10.1. The first-order chi connectivity index (χ1) is 9.32. The summed E-state index contributed by atoms with van der Waals surface area (Å²) in [6.07, 6.45) is 2.31. The summed E-state index contributed by atoms with van der Waals surface area (Å²) in [6, 6.07) is 0. The van der Waals surface area contributed by atoms with Gasteiger partial charge in [-0.05, 0) is 39.4 Å². The minimum atomic E-state index is 0.0274. The monoisotopic (exact) mass is 285 g/mol. The summed E-state index contributed by atoms with van der Waals surface area (Å²) in [4.78, 5) is 27.0. The van der Waals surface area contributed by atoms with Crippen LogP contribution in [-0.4, -0.2) is 61.9 Å². The molecule has 5 nitrogen and oxygen atoms in total. The second-order valence-corrected chi connectivity index (χ2v) is 5.95. The van der Waals surface area contributed by atoms with Crippen molar-refractivity contribution in [2.24, 2.45) is 5.92 Å². The Bertz CT molecular complexity index is 291. The predicted molar refractivity (Wildman–Crippen MR) is 82.5 cm³/mol. The van der Waals surface area contributed by atoms with Crippen molar-refractivity contribution in [2.75, 3.05) is 40.3 Å². The van der Waals surface area contributed by atoms with Crippen LogP contribution >= 0.6 is 0 Å². The zero-order valence-corrected chi connectivity index (χ0v) is 13.7. The Morgan fingerprint density at radius 1 is 1.10 bits per heavy atom. The van der Waals surface area contributed by atoms with Crippen molar-refractivity contribution in [2.45, 2.75) is 40.0 Å². The Labute approximate surface area is 123 Å². The maximum Gasteiger partial charge on any atom is 0.221 e. The van der Waals surface area contributed by atoms with Gasteiger partial charge < -0.3 is 15.1 Å². The van der Waals surface area contributed by atoms with Gasteiger partial charge >= 0.3 is 0 Å². The van der Waals surface area contributed by atoms with Crippen molar-refractivity contribution in [3.8, 4) is 0 Å². The molecule has 0 aromatic rings. The molecule has 118 valence electrons. The van der Waals surface area contributed by atoms with Crippen LogP contribution in [0, 0.1) is 5.92 Å². The maximum absolute atomic E-state index is 11.7. The van der Waals surface area contributed by atoms with E-state index in [0.717, 1.165) is 25.9 Å². The van der Waals surface area contributed by atoms with Crippen LogP contribution in [0.25, 0.3) is 0 Å². The maximum atomic E-state index is 11.7. The Balaban J connectivity index is 3.85. The predicted octanol–water partition coefficient (Wildman–Crippen LogP) is 1.34. The first-order valence-corrected chi connectivity index (χ1v) is 7.50. The molecule has 0 aromatic heterocycles. The molecular weight excluding hydrogens is 254 g/mol. The van der Waals surface area contributed by atoms with Crippen LogP contribution in [0.5, 0.6) is 0 Å². The second kappa shape index (κ2) is 10.7. The highest BCUT2D eigenvalue weighted by Gasteiger charge is 2.11. The Morgan fingerprint density at radius 3 is 2.25 bits per heavy atom. The van der Waals surface area contributed by atoms with E-state index in [-0.39, 0.29) is 11.8 Å². The molecular formula is C15H31N3O2. The highest BCUT2D eigenvalue weighted by molar-refractivity contribution is 5.77. The van der Waals surface area contributed by atoms with Crippen molar-refractivity contribution >= 4 is 11.8 Å². The van der Waals surface area contributed by atoms with Gasteiger partial charge in [-0.15, -0.1) is 0 Å². The van der Waals surface area contributed by atoms with Crippen molar-refractivity contribution in [3.05, 3.63) is 0 Å². The molecule has 0 aromatic carbocycles. The molecule has 0 aliphatic carbocycles. The van der Waals surface area contributed by atoms with E-state index in [9.17, 15) is 9.59 Å². The molecule has 0 saturated heterocycles. The lowest BCUT2D eigenvalue weighted by Crippen LogP contribution is -2.35. The standard InChI is InChI=1S/C15H31N3O2/c1-13(2)7-11-18(14(3)19)12-8-15(20)16-9-6-10-17(4)5/h13H,6-12H2,1-5H3,(H,16,20). The zero-order valence-electron chi connectivity index (χ0n) is 13.7. The normalized spacial score (nSPS) is 10.9. The van der Waals surface area contributed by atoms with E-state index in [1.54, 1.807) is 11.8 Å². The van der Waals surface area contributed by atoms with Gasteiger partial charge in [0.2, 0.25) is 11.8 Å². The van der Waals surface area contributed by atoms with Crippen LogP contribution in [0.1, 0.15) is 40.0 Å².